The average Bonchev–Trinajstić information content (AvgIpc) is 3.04. The Morgan fingerprint density at radius 2 is 1.57 bits per heavy atom. The maximum atomic E-state index is 10.0. The van der Waals surface area contributed by atoms with Gasteiger partial charge in [0.2, 0.25) is 0 Å². The number of hydrogen-bond acceptors (Lipinski definition) is 3. The normalized spacial score (nSPS) is 11.2. The molecule has 0 saturated heterocycles. The molecule has 0 aliphatic heterocycles. The van der Waals surface area contributed by atoms with Gasteiger partial charge in [-0.2, -0.15) is 0 Å². The van der Waals surface area contributed by atoms with Gasteiger partial charge in [0.25, 0.3) is 0 Å². The Balaban J connectivity index is 0.000000281. The van der Waals surface area contributed by atoms with Crippen molar-refractivity contribution < 1.29 is 30.0 Å². The monoisotopic (exact) mass is 571 g/mol. The quantitative estimate of drug-likeness (QED) is 0.152. The molecule has 3 nitrogen and oxygen atoms in total. The molecule has 151 valence electrons. The first-order valence-corrected chi connectivity index (χ1v) is 9.43. The van der Waals surface area contributed by atoms with E-state index in [1.807, 2.05) is 18.2 Å². The molecule has 4 aromatic rings. The number of benzene rings is 3. The first-order valence-electron chi connectivity index (χ1n) is 9.43. The zero-order chi connectivity index (χ0) is 20.4. The number of aromatic nitrogens is 1. The van der Waals surface area contributed by atoms with E-state index < -0.39 is 0 Å². The number of hydrogen-bond donors (Lipinski definition) is 1. The number of carbonyl (C=O) groups excluding carboxylic acids is 1. The molecule has 30 heavy (non-hydrogen) atoms. The average molecular weight is 571 g/mol. The number of aliphatic hydroxyl groups excluding tert-OH is 1. The number of aliphatic hydroxyl groups is 1. The fourth-order valence-electron chi connectivity index (χ4n) is 3.66. The summed E-state index contributed by atoms with van der Waals surface area (Å²) in [5.74, 6) is -0.0625. The van der Waals surface area contributed by atoms with Crippen LogP contribution in [0, 0.1) is 6.07 Å². The van der Waals surface area contributed by atoms with Gasteiger partial charge in [0.1, 0.15) is 0 Å². The van der Waals surface area contributed by atoms with Gasteiger partial charge in [-0.15, -0.1) is 35.9 Å². The summed E-state index contributed by atoms with van der Waals surface area (Å²) in [5, 5.41) is 9.63. The molecule has 0 fully saturated rings. The molecule has 0 saturated carbocycles. The van der Waals surface area contributed by atoms with E-state index in [0.717, 1.165) is 16.8 Å². The number of ketones is 1. The van der Waals surface area contributed by atoms with Gasteiger partial charge in [0.15, 0.2) is 5.78 Å². The molecular formula is C26H20IrNO2-. The molecule has 5 rings (SSSR count). The van der Waals surface area contributed by atoms with E-state index >= 15 is 0 Å². The summed E-state index contributed by atoms with van der Waals surface area (Å²) >= 11 is 0. The van der Waals surface area contributed by atoms with Crippen molar-refractivity contribution >= 4 is 16.7 Å². The third kappa shape index (κ3) is 4.25. The molecule has 0 atom stereocenters. The molecular weight excluding hydrogens is 551 g/mol. The van der Waals surface area contributed by atoms with Crippen molar-refractivity contribution in [3.63, 3.8) is 0 Å². The van der Waals surface area contributed by atoms with Gasteiger partial charge >= 0.3 is 0 Å². The summed E-state index contributed by atoms with van der Waals surface area (Å²) in [4.78, 5) is 14.9. The minimum absolute atomic E-state index is 0. The van der Waals surface area contributed by atoms with Crippen molar-refractivity contribution in [2.24, 2.45) is 0 Å². The summed E-state index contributed by atoms with van der Waals surface area (Å²) in [6, 6.07) is 28.5. The van der Waals surface area contributed by atoms with Crippen LogP contribution in [0.1, 0.15) is 13.8 Å². The van der Waals surface area contributed by atoms with Crippen molar-refractivity contribution in [1.29, 1.82) is 0 Å². The molecule has 0 unspecified atom stereocenters. The first kappa shape index (κ1) is 21.6. The van der Waals surface area contributed by atoms with E-state index in [4.69, 9.17) is 10.1 Å². The Bertz CT molecular complexity index is 1240. The fourth-order valence-corrected chi connectivity index (χ4v) is 3.66. The second kappa shape index (κ2) is 9.17. The summed E-state index contributed by atoms with van der Waals surface area (Å²) < 4.78 is 0. The van der Waals surface area contributed by atoms with E-state index in [2.05, 4.69) is 60.7 Å². The standard InChI is InChI=1S/C21H12N.C5H8O2.Ir/c1-2-7-14(8-3-1)20-13-18-16-10-5-4-9-15(16)17-11-6-12-19(22-20)21(17)18;1-4(6)3-5(2)7;/h1-7,9-13H;3,6H,1-2H3;/q-1;;/b;4-3-;. The maximum absolute atomic E-state index is 10.0. The largest absolute Gasteiger partial charge is 0.512 e. The first-order chi connectivity index (χ1) is 14.0. The third-order valence-electron chi connectivity index (χ3n) is 4.74. The molecule has 1 heterocycles. The Morgan fingerprint density at radius 3 is 2.17 bits per heavy atom. The van der Waals surface area contributed by atoms with Crippen LogP contribution in [0.2, 0.25) is 0 Å². The number of rotatable bonds is 2. The topological polar surface area (TPSA) is 50.2 Å². The molecule has 1 aliphatic carbocycles. The molecule has 1 N–H and O–H groups in total. The van der Waals surface area contributed by atoms with Crippen LogP contribution in [-0.4, -0.2) is 15.9 Å². The van der Waals surface area contributed by atoms with Crippen LogP contribution in [0.15, 0.2) is 84.6 Å². The summed E-state index contributed by atoms with van der Waals surface area (Å²) in [6.07, 6.45) is 1.17. The Kier molecular flexibility index (Phi) is 6.61. The minimum atomic E-state index is -0.125. The van der Waals surface area contributed by atoms with E-state index in [1.165, 1.54) is 47.6 Å². The van der Waals surface area contributed by atoms with Crippen LogP contribution in [0.4, 0.5) is 0 Å². The second-order valence-corrected chi connectivity index (χ2v) is 6.97. The maximum Gasteiger partial charge on any atom is 0.155 e. The van der Waals surface area contributed by atoms with E-state index in [-0.39, 0.29) is 31.6 Å². The molecule has 3 aromatic carbocycles. The number of allylic oxidation sites excluding steroid dienone is 2. The van der Waals surface area contributed by atoms with Crippen LogP contribution in [0.3, 0.4) is 0 Å². The molecule has 4 heteroatoms. The zero-order valence-corrected chi connectivity index (χ0v) is 19.0. The van der Waals surface area contributed by atoms with Crippen LogP contribution < -0.4 is 0 Å². The zero-order valence-electron chi connectivity index (χ0n) is 16.6. The molecule has 1 radical (unpaired) electrons. The number of nitrogens with zero attached hydrogens (tertiary/aromatic N) is 1. The van der Waals surface area contributed by atoms with Crippen LogP contribution in [0.5, 0.6) is 0 Å². The van der Waals surface area contributed by atoms with Crippen LogP contribution in [-0.2, 0) is 24.9 Å². The Labute approximate surface area is 189 Å². The Hall–Kier alpha value is -3.07. The molecule has 0 spiro atoms. The van der Waals surface area contributed by atoms with E-state index in [1.54, 1.807) is 0 Å². The number of pyridine rings is 1. The molecule has 1 aromatic heterocycles. The van der Waals surface area contributed by atoms with Gasteiger partial charge in [0.05, 0.1) is 11.3 Å². The number of carbonyl (C=O) groups is 1. The van der Waals surface area contributed by atoms with Gasteiger partial charge in [-0.1, -0.05) is 42.5 Å². The van der Waals surface area contributed by atoms with Gasteiger partial charge in [0, 0.05) is 31.6 Å². The Morgan fingerprint density at radius 1 is 0.900 bits per heavy atom. The summed E-state index contributed by atoms with van der Waals surface area (Å²) in [5.41, 5.74) is 8.25. The van der Waals surface area contributed by atoms with Gasteiger partial charge < -0.3 is 5.11 Å². The summed E-state index contributed by atoms with van der Waals surface area (Å²) in [7, 11) is 0. The third-order valence-corrected chi connectivity index (χ3v) is 4.74. The predicted octanol–water partition coefficient (Wildman–Crippen LogP) is 6.38. The van der Waals surface area contributed by atoms with Crippen molar-refractivity contribution in [3.8, 4) is 33.5 Å². The van der Waals surface area contributed by atoms with Gasteiger partial charge in [-0.3, -0.25) is 9.78 Å². The SMILES string of the molecule is CC(=O)/C=C(/C)O.[Ir].[c-]1ccccc1-c1cc2c3c(cccc3n1)-c1ccccc1-2. The summed E-state index contributed by atoms with van der Waals surface area (Å²) in [6.45, 7) is 2.85. The van der Waals surface area contributed by atoms with Crippen molar-refractivity contribution in [1.82, 2.24) is 4.98 Å². The molecule has 1 aliphatic rings. The van der Waals surface area contributed by atoms with Gasteiger partial charge in [-0.25, -0.2) is 0 Å². The smallest absolute Gasteiger partial charge is 0.155 e. The fraction of sp³-hybridized carbons (Fsp3) is 0.0769. The van der Waals surface area contributed by atoms with E-state index in [9.17, 15) is 4.79 Å². The van der Waals surface area contributed by atoms with Crippen LogP contribution >= 0.6 is 0 Å². The molecule has 0 bridgehead atoms. The predicted molar refractivity (Wildman–Crippen MR) is 118 cm³/mol. The van der Waals surface area contributed by atoms with E-state index in [0.29, 0.717) is 0 Å². The molecule has 0 amide bonds. The van der Waals surface area contributed by atoms with Crippen molar-refractivity contribution in [2.45, 2.75) is 13.8 Å². The van der Waals surface area contributed by atoms with Crippen molar-refractivity contribution in [2.75, 3.05) is 0 Å². The van der Waals surface area contributed by atoms with Crippen molar-refractivity contribution in [3.05, 3.63) is 90.7 Å². The minimum Gasteiger partial charge on any atom is -0.512 e. The van der Waals surface area contributed by atoms with Crippen LogP contribution in [0.25, 0.3) is 44.4 Å². The van der Waals surface area contributed by atoms with Gasteiger partial charge in [-0.05, 0) is 47.9 Å². The number of fused-ring (bicyclic) bond motifs is 3. The second-order valence-electron chi connectivity index (χ2n) is 6.97.